The normalized spacial score (nSPS) is 12.9. The minimum Gasteiger partial charge on any atom is -0.496 e. The lowest BCUT2D eigenvalue weighted by Crippen LogP contribution is -2.34. The molecule has 0 fully saturated rings. The molecule has 0 heterocycles. The number of ether oxygens (including phenoxy) is 1. The van der Waals surface area contributed by atoms with E-state index in [2.05, 4.69) is 5.32 Å². The third kappa shape index (κ3) is 4.73. The van der Waals surface area contributed by atoms with Gasteiger partial charge in [-0.3, -0.25) is 4.79 Å². The smallest absolute Gasteiger partial charge is 0.330 e. The summed E-state index contributed by atoms with van der Waals surface area (Å²) in [6, 6.07) is 9.57. The van der Waals surface area contributed by atoms with E-state index in [-0.39, 0.29) is 22.9 Å². The Morgan fingerprint density at radius 3 is 2.58 bits per heavy atom. The van der Waals surface area contributed by atoms with Crippen molar-refractivity contribution in [3.8, 4) is 5.75 Å². The van der Waals surface area contributed by atoms with Crippen molar-refractivity contribution in [2.45, 2.75) is 25.3 Å². The van der Waals surface area contributed by atoms with E-state index in [1.54, 1.807) is 13.2 Å². The number of hydrogen-bond acceptors (Lipinski definition) is 3. The van der Waals surface area contributed by atoms with Gasteiger partial charge in [0.2, 0.25) is 5.91 Å². The summed E-state index contributed by atoms with van der Waals surface area (Å²) in [7, 11) is 1.54. The van der Waals surface area contributed by atoms with Gasteiger partial charge in [0, 0.05) is 6.42 Å². The van der Waals surface area contributed by atoms with Gasteiger partial charge in [-0.25, -0.2) is 9.18 Å². The highest BCUT2D eigenvalue weighted by Crippen LogP contribution is 2.28. The van der Waals surface area contributed by atoms with Crippen LogP contribution >= 0.6 is 11.6 Å². The van der Waals surface area contributed by atoms with Crippen LogP contribution in [0.2, 0.25) is 5.02 Å². The fourth-order valence-electron chi connectivity index (χ4n) is 2.66. The number of aliphatic carboxylic acids is 1. The Balaban J connectivity index is 2.12. The molecule has 0 aliphatic carbocycles. The Kier molecular flexibility index (Phi) is 6.58. The number of carboxylic acid groups (broad SMARTS) is 1. The van der Waals surface area contributed by atoms with Gasteiger partial charge in [-0.2, -0.15) is 0 Å². The lowest BCUT2D eigenvalue weighted by molar-refractivity contribution is -0.142. The first-order valence-electron chi connectivity index (χ1n) is 7.93. The molecular weight excluding hydrogens is 361 g/mol. The van der Waals surface area contributed by atoms with Gasteiger partial charge >= 0.3 is 5.97 Å². The molecule has 0 aliphatic heterocycles. The highest BCUT2D eigenvalue weighted by molar-refractivity contribution is 6.30. The number of rotatable bonds is 7. The van der Waals surface area contributed by atoms with Crippen LogP contribution in [0.5, 0.6) is 5.75 Å². The Hall–Kier alpha value is -2.60. The largest absolute Gasteiger partial charge is 0.496 e. The average molecular weight is 380 g/mol. The zero-order chi connectivity index (χ0) is 19.3. The molecule has 0 aliphatic rings. The molecule has 5 nitrogen and oxygen atoms in total. The molecule has 0 radical (unpaired) electrons. The molecule has 0 spiro atoms. The summed E-state index contributed by atoms with van der Waals surface area (Å²) >= 11 is 5.61. The van der Waals surface area contributed by atoms with Crippen molar-refractivity contribution in [1.29, 1.82) is 0 Å². The maximum absolute atomic E-state index is 13.6. The molecule has 1 amide bonds. The van der Waals surface area contributed by atoms with E-state index in [1.165, 1.54) is 12.1 Å². The molecule has 2 unspecified atom stereocenters. The SMILES string of the molecule is COc1ccccc1C(C)CC(=O)NC(C(=O)O)c1ccc(Cl)c(F)c1. The van der Waals surface area contributed by atoms with Crippen LogP contribution in [0.1, 0.15) is 36.4 Å². The highest BCUT2D eigenvalue weighted by atomic mass is 35.5. The number of amides is 1. The van der Waals surface area contributed by atoms with Crippen LogP contribution < -0.4 is 10.1 Å². The summed E-state index contributed by atoms with van der Waals surface area (Å²) in [4.78, 5) is 23.8. The van der Waals surface area contributed by atoms with Gasteiger partial charge < -0.3 is 15.2 Å². The molecule has 26 heavy (non-hydrogen) atoms. The van der Waals surface area contributed by atoms with Crippen LogP contribution in [-0.2, 0) is 9.59 Å². The fourth-order valence-corrected chi connectivity index (χ4v) is 2.78. The van der Waals surface area contributed by atoms with Gasteiger partial charge in [0.1, 0.15) is 11.6 Å². The van der Waals surface area contributed by atoms with Gasteiger partial charge in [0.15, 0.2) is 6.04 Å². The number of halogens is 2. The van der Waals surface area contributed by atoms with Gasteiger partial charge in [0.05, 0.1) is 12.1 Å². The van der Waals surface area contributed by atoms with Crippen molar-refractivity contribution in [1.82, 2.24) is 5.32 Å². The first-order valence-corrected chi connectivity index (χ1v) is 8.31. The minimum absolute atomic E-state index is 0.0558. The Morgan fingerprint density at radius 2 is 1.96 bits per heavy atom. The minimum atomic E-state index is -1.36. The quantitative estimate of drug-likeness (QED) is 0.764. The Morgan fingerprint density at radius 1 is 1.27 bits per heavy atom. The second-order valence-corrected chi connectivity index (χ2v) is 6.27. The molecule has 7 heteroatoms. The Labute approximate surface area is 155 Å². The van der Waals surface area contributed by atoms with E-state index in [0.717, 1.165) is 11.6 Å². The van der Waals surface area contributed by atoms with Crippen molar-refractivity contribution in [2.75, 3.05) is 7.11 Å². The number of methoxy groups -OCH3 is 1. The molecule has 2 atom stereocenters. The third-order valence-corrected chi connectivity index (χ3v) is 4.30. The van der Waals surface area contributed by atoms with E-state index in [0.29, 0.717) is 5.75 Å². The first-order chi connectivity index (χ1) is 12.3. The summed E-state index contributed by atoms with van der Waals surface area (Å²) in [5, 5.41) is 11.7. The van der Waals surface area contributed by atoms with Crippen LogP contribution in [0.4, 0.5) is 4.39 Å². The van der Waals surface area contributed by atoms with E-state index < -0.39 is 23.7 Å². The predicted octanol–water partition coefficient (Wildman–Crippen LogP) is 3.92. The second-order valence-electron chi connectivity index (χ2n) is 5.86. The van der Waals surface area contributed by atoms with Crippen LogP contribution in [-0.4, -0.2) is 24.1 Å². The van der Waals surface area contributed by atoms with Crippen LogP contribution in [0.3, 0.4) is 0 Å². The number of carboxylic acids is 1. The monoisotopic (exact) mass is 379 g/mol. The zero-order valence-electron chi connectivity index (χ0n) is 14.3. The fraction of sp³-hybridized carbons (Fsp3) is 0.263. The Bertz CT molecular complexity index is 812. The summed E-state index contributed by atoms with van der Waals surface area (Å²) in [5.74, 6) is -2.03. The van der Waals surface area contributed by atoms with Gasteiger partial charge in [-0.15, -0.1) is 0 Å². The van der Waals surface area contributed by atoms with E-state index >= 15 is 0 Å². The standard InChI is InChI=1S/C19H19ClFNO4/c1-11(13-5-3-4-6-16(13)26-2)9-17(23)22-18(19(24)25)12-7-8-14(20)15(21)10-12/h3-8,10-11,18H,9H2,1-2H3,(H,22,23)(H,24,25). The summed E-state index contributed by atoms with van der Waals surface area (Å²) in [6.07, 6.45) is 0.0558. The van der Waals surface area contributed by atoms with Gasteiger partial charge in [-0.05, 0) is 35.2 Å². The number of para-hydroxylation sites is 1. The number of carbonyl (C=O) groups excluding carboxylic acids is 1. The zero-order valence-corrected chi connectivity index (χ0v) is 15.1. The number of carbonyl (C=O) groups is 2. The summed E-state index contributed by atoms with van der Waals surface area (Å²) < 4.78 is 18.9. The maximum atomic E-state index is 13.6. The maximum Gasteiger partial charge on any atom is 0.330 e. The van der Waals surface area contributed by atoms with Crippen LogP contribution in [0.15, 0.2) is 42.5 Å². The van der Waals surface area contributed by atoms with E-state index in [1.807, 2.05) is 25.1 Å². The summed E-state index contributed by atoms with van der Waals surface area (Å²) in [6.45, 7) is 1.84. The van der Waals surface area contributed by atoms with Gasteiger partial charge in [0.25, 0.3) is 0 Å². The van der Waals surface area contributed by atoms with Gasteiger partial charge in [-0.1, -0.05) is 42.8 Å². The lowest BCUT2D eigenvalue weighted by atomic mass is 9.96. The molecule has 0 aromatic heterocycles. The highest BCUT2D eigenvalue weighted by Gasteiger charge is 2.24. The molecule has 0 bridgehead atoms. The van der Waals surface area contributed by atoms with Crippen molar-refractivity contribution >= 4 is 23.5 Å². The molecule has 2 N–H and O–H groups in total. The third-order valence-electron chi connectivity index (χ3n) is 3.99. The number of nitrogens with one attached hydrogen (secondary N) is 1. The predicted molar refractivity (Wildman–Crippen MR) is 96.0 cm³/mol. The second kappa shape index (κ2) is 8.67. The van der Waals surface area contributed by atoms with Crippen molar-refractivity contribution in [2.24, 2.45) is 0 Å². The number of hydrogen-bond donors (Lipinski definition) is 2. The van der Waals surface area contributed by atoms with Crippen LogP contribution in [0.25, 0.3) is 0 Å². The molecule has 0 saturated heterocycles. The van der Waals surface area contributed by atoms with Crippen molar-refractivity contribution in [3.63, 3.8) is 0 Å². The number of benzene rings is 2. The molecular formula is C19H19ClFNO4. The molecule has 138 valence electrons. The molecule has 2 aromatic carbocycles. The van der Waals surface area contributed by atoms with Crippen molar-refractivity contribution in [3.05, 3.63) is 64.4 Å². The van der Waals surface area contributed by atoms with E-state index in [9.17, 15) is 19.1 Å². The lowest BCUT2D eigenvalue weighted by Gasteiger charge is -2.18. The topological polar surface area (TPSA) is 75.6 Å². The average Bonchev–Trinajstić information content (AvgIpc) is 2.61. The molecule has 0 saturated carbocycles. The summed E-state index contributed by atoms with van der Waals surface area (Å²) in [5.41, 5.74) is 0.951. The van der Waals surface area contributed by atoms with Crippen molar-refractivity contribution < 1.29 is 23.8 Å². The molecule has 2 aromatic rings. The molecule has 2 rings (SSSR count). The first kappa shape index (κ1) is 19.7. The van der Waals surface area contributed by atoms with E-state index in [4.69, 9.17) is 16.3 Å². The van der Waals surface area contributed by atoms with Crippen LogP contribution in [0, 0.1) is 5.82 Å².